The quantitative estimate of drug-likeness (QED) is 0.719. The summed E-state index contributed by atoms with van der Waals surface area (Å²) in [5.41, 5.74) is 4.69. The van der Waals surface area contributed by atoms with Crippen LogP contribution in [-0.4, -0.2) is 25.9 Å². The second kappa shape index (κ2) is 6.88. The fourth-order valence-corrected chi connectivity index (χ4v) is 3.72. The maximum atomic E-state index is 12.6. The number of hydrogen-bond donors (Lipinski definition) is 1. The number of amides is 1. The van der Waals surface area contributed by atoms with Crippen LogP contribution in [0.5, 0.6) is 0 Å². The molecule has 1 N–H and O–H groups in total. The van der Waals surface area contributed by atoms with Gasteiger partial charge in [0.05, 0.1) is 32.9 Å². The van der Waals surface area contributed by atoms with Crippen LogP contribution >= 0.6 is 11.8 Å². The van der Waals surface area contributed by atoms with Crippen molar-refractivity contribution in [2.24, 2.45) is 7.05 Å². The highest BCUT2D eigenvalue weighted by Crippen LogP contribution is 2.28. The molecule has 130 valence electrons. The average Bonchev–Trinajstić information content (AvgIpc) is 2.81. The van der Waals surface area contributed by atoms with Gasteiger partial charge >= 0.3 is 0 Å². The first-order valence-corrected chi connectivity index (χ1v) is 9.09. The minimum Gasteiger partial charge on any atom is -0.322 e. The van der Waals surface area contributed by atoms with Gasteiger partial charge in [-0.15, -0.1) is 0 Å². The molecule has 0 saturated carbocycles. The van der Waals surface area contributed by atoms with Crippen LogP contribution in [0.25, 0.3) is 10.9 Å². The van der Waals surface area contributed by atoms with Gasteiger partial charge < -0.3 is 5.32 Å². The molecule has 6 heteroatoms. The Morgan fingerprint density at radius 3 is 2.64 bits per heavy atom. The molecular formula is C19H22N4OS. The number of benzene rings is 1. The van der Waals surface area contributed by atoms with Crippen molar-refractivity contribution in [3.8, 4) is 0 Å². The molecule has 0 radical (unpaired) electrons. The summed E-state index contributed by atoms with van der Waals surface area (Å²) in [5.74, 6) is -0.0446. The molecule has 5 nitrogen and oxygen atoms in total. The molecule has 0 aliphatic heterocycles. The molecule has 0 saturated heterocycles. The number of aromatic nitrogens is 3. The zero-order valence-electron chi connectivity index (χ0n) is 15.1. The zero-order chi connectivity index (χ0) is 18.1. The highest BCUT2D eigenvalue weighted by atomic mass is 32.2. The Hall–Kier alpha value is -2.34. The lowest BCUT2D eigenvalue weighted by molar-refractivity contribution is -0.115. The topological polar surface area (TPSA) is 59.8 Å². The minimum absolute atomic E-state index is 0.0446. The van der Waals surface area contributed by atoms with Crippen molar-refractivity contribution < 1.29 is 4.79 Å². The monoisotopic (exact) mass is 354 g/mol. The van der Waals surface area contributed by atoms with Crippen LogP contribution in [0.3, 0.4) is 0 Å². The number of carbonyl (C=O) groups is 1. The lowest BCUT2D eigenvalue weighted by atomic mass is 10.1. The van der Waals surface area contributed by atoms with Gasteiger partial charge in [-0.2, -0.15) is 5.10 Å². The Morgan fingerprint density at radius 2 is 1.96 bits per heavy atom. The fraction of sp³-hybridized carbons (Fsp3) is 0.316. The number of rotatable bonds is 4. The molecule has 2 heterocycles. The first-order chi connectivity index (χ1) is 11.9. The Kier molecular flexibility index (Phi) is 4.81. The number of carbonyl (C=O) groups excluding carboxylic acids is 1. The maximum Gasteiger partial charge on any atom is 0.237 e. The zero-order valence-corrected chi connectivity index (χ0v) is 15.9. The van der Waals surface area contributed by atoms with Crippen molar-refractivity contribution in [3.05, 3.63) is 47.3 Å². The van der Waals surface area contributed by atoms with Crippen molar-refractivity contribution in [2.45, 2.75) is 38.0 Å². The number of anilines is 1. The smallest absolute Gasteiger partial charge is 0.237 e. The summed E-state index contributed by atoms with van der Waals surface area (Å²) in [5, 5.41) is 9.08. The fourth-order valence-electron chi connectivity index (χ4n) is 2.79. The summed E-state index contributed by atoms with van der Waals surface area (Å²) in [6.45, 7) is 7.81. The number of para-hydroxylation sites is 1. The highest BCUT2D eigenvalue weighted by molar-refractivity contribution is 8.00. The molecule has 1 atom stereocenters. The first-order valence-electron chi connectivity index (χ1n) is 8.21. The Morgan fingerprint density at radius 1 is 1.24 bits per heavy atom. The van der Waals surface area contributed by atoms with Gasteiger partial charge in [0.2, 0.25) is 5.91 Å². The van der Waals surface area contributed by atoms with E-state index in [1.165, 1.54) is 17.3 Å². The first kappa shape index (κ1) is 17.5. The van der Waals surface area contributed by atoms with Gasteiger partial charge in [-0.1, -0.05) is 30.0 Å². The number of aryl methyl sites for hydroxylation is 3. The summed E-state index contributed by atoms with van der Waals surface area (Å²) in [4.78, 5) is 17.3. The standard InChI is InChI=1S/C19H22N4OS/c1-11-10-17(20-16-9-7-6-8-15(11)16)25-14(4)19(24)21-18-12(2)22-23(5)13(18)3/h6-10,14H,1-5H3,(H,21,24)/t14-/m1/s1. The van der Waals surface area contributed by atoms with Crippen molar-refractivity contribution in [1.29, 1.82) is 0 Å². The lowest BCUT2D eigenvalue weighted by Crippen LogP contribution is -2.23. The third-order valence-electron chi connectivity index (χ3n) is 4.32. The number of nitrogens with one attached hydrogen (secondary N) is 1. The molecule has 0 spiro atoms. The molecule has 0 aliphatic rings. The molecule has 0 bridgehead atoms. The van der Waals surface area contributed by atoms with Crippen molar-refractivity contribution >= 4 is 34.3 Å². The molecule has 2 aromatic heterocycles. The average molecular weight is 354 g/mol. The van der Waals surface area contributed by atoms with Gasteiger partial charge in [0.25, 0.3) is 0 Å². The van der Waals surface area contributed by atoms with Gasteiger partial charge in [-0.05, 0) is 45.4 Å². The van der Waals surface area contributed by atoms with Crippen LogP contribution in [-0.2, 0) is 11.8 Å². The van der Waals surface area contributed by atoms with Crippen molar-refractivity contribution in [3.63, 3.8) is 0 Å². The Balaban J connectivity index is 1.77. The Bertz CT molecular complexity index is 948. The van der Waals surface area contributed by atoms with Crippen LogP contribution < -0.4 is 5.32 Å². The number of fused-ring (bicyclic) bond motifs is 1. The van der Waals surface area contributed by atoms with E-state index in [2.05, 4.69) is 28.4 Å². The normalized spacial score (nSPS) is 12.4. The largest absolute Gasteiger partial charge is 0.322 e. The van der Waals surface area contributed by atoms with E-state index in [1.807, 2.05) is 52.1 Å². The summed E-state index contributed by atoms with van der Waals surface area (Å²) < 4.78 is 1.77. The third kappa shape index (κ3) is 3.54. The van der Waals surface area contributed by atoms with Gasteiger partial charge in [0.1, 0.15) is 0 Å². The van der Waals surface area contributed by atoms with E-state index in [4.69, 9.17) is 0 Å². The van der Waals surface area contributed by atoms with E-state index in [9.17, 15) is 4.79 Å². The van der Waals surface area contributed by atoms with Crippen LogP contribution in [0.15, 0.2) is 35.4 Å². The van der Waals surface area contributed by atoms with Crippen molar-refractivity contribution in [2.75, 3.05) is 5.32 Å². The predicted octanol–water partition coefficient (Wildman–Crippen LogP) is 4.01. The van der Waals surface area contributed by atoms with Crippen molar-refractivity contribution in [1.82, 2.24) is 14.8 Å². The predicted molar refractivity (Wildman–Crippen MR) is 103 cm³/mol. The third-order valence-corrected chi connectivity index (χ3v) is 5.34. The molecule has 0 fully saturated rings. The summed E-state index contributed by atoms with van der Waals surface area (Å²) in [6.07, 6.45) is 0. The number of thioether (sulfide) groups is 1. The van der Waals surface area contributed by atoms with Crippen LogP contribution in [0.2, 0.25) is 0 Å². The molecule has 3 rings (SSSR count). The molecule has 3 aromatic rings. The number of hydrogen-bond acceptors (Lipinski definition) is 4. The molecule has 25 heavy (non-hydrogen) atoms. The van der Waals surface area contributed by atoms with E-state index >= 15 is 0 Å². The van der Waals surface area contributed by atoms with Gasteiger partial charge in [-0.25, -0.2) is 4.98 Å². The Labute approximate surface area is 151 Å². The van der Waals surface area contributed by atoms with E-state index < -0.39 is 0 Å². The number of nitrogens with zero attached hydrogens (tertiary/aromatic N) is 3. The second-order valence-electron chi connectivity index (χ2n) is 6.21. The maximum absolute atomic E-state index is 12.6. The van der Waals surface area contributed by atoms with Crippen LogP contribution in [0, 0.1) is 20.8 Å². The summed E-state index contributed by atoms with van der Waals surface area (Å²) in [7, 11) is 1.87. The molecule has 1 amide bonds. The SMILES string of the molecule is Cc1nn(C)c(C)c1NC(=O)[C@@H](C)Sc1cc(C)c2ccccc2n1. The van der Waals surface area contributed by atoms with Gasteiger partial charge in [0, 0.05) is 12.4 Å². The van der Waals surface area contributed by atoms with E-state index in [0.29, 0.717) is 0 Å². The van der Waals surface area contributed by atoms with Crippen LogP contribution in [0.1, 0.15) is 23.9 Å². The van der Waals surface area contributed by atoms with Crippen LogP contribution in [0.4, 0.5) is 5.69 Å². The minimum atomic E-state index is -0.257. The highest BCUT2D eigenvalue weighted by Gasteiger charge is 2.19. The second-order valence-corrected chi connectivity index (χ2v) is 7.57. The molecule has 0 aliphatic carbocycles. The van der Waals surface area contributed by atoms with E-state index in [1.54, 1.807) is 4.68 Å². The van der Waals surface area contributed by atoms with E-state index in [0.717, 1.165) is 33.0 Å². The number of pyridine rings is 1. The summed E-state index contributed by atoms with van der Waals surface area (Å²) >= 11 is 1.47. The van der Waals surface area contributed by atoms with Gasteiger partial charge in [-0.3, -0.25) is 9.48 Å². The summed E-state index contributed by atoms with van der Waals surface area (Å²) in [6, 6.07) is 10.1. The molecule has 0 unspecified atom stereocenters. The molecular weight excluding hydrogens is 332 g/mol. The van der Waals surface area contributed by atoms with E-state index in [-0.39, 0.29) is 11.2 Å². The lowest BCUT2D eigenvalue weighted by Gasteiger charge is -2.13. The van der Waals surface area contributed by atoms with Gasteiger partial charge in [0.15, 0.2) is 0 Å². The molecule has 1 aromatic carbocycles.